The van der Waals surface area contributed by atoms with Gasteiger partial charge in [0.1, 0.15) is 5.75 Å². The van der Waals surface area contributed by atoms with Crippen LogP contribution >= 0.6 is 11.6 Å². The van der Waals surface area contributed by atoms with Gasteiger partial charge in [0, 0.05) is 11.8 Å². The molecule has 2 aromatic carbocycles. The van der Waals surface area contributed by atoms with Gasteiger partial charge in [-0.3, -0.25) is 9.59 Å². The van der Waals surface area contributed by atoms with Crippen LogP contribution in [0.15, 0.2) is 48.5 Å². The minimum absolute atomic E-state index is 0.137. The van der Waals surface area contributed by atoms with Crippen LogP contribution < -0.4 is 20.3 Å². The van der Waals surface area contributed by atoms with E-state index in [-0.39, 0.29) is 18.4 Å². The first kappa shape index (κ1) is 19.8. The van der Waals surface area contributed by atoms with E-state index in [1.807, 2.05) is 0 Å². The Labute approximate surface area is 158 Å². The molecule has 0 aliphatic carbocycles. The number of hydrogen-bond donors (Lipinski definition) is 3. The van der Waals surface area contributed by atoms with Gasteiger partial charge in [-0.15, -0.1) is 0 Å². The van der Waals surface area contributed by atoms with Crippen LogP contribution in [0.5, 0.6) is 5.75 Å². The molecule has 0 fully saturated rings. The number of amides is 2. The quantitative estimate of drug-likeness (QED) is 0.690. The number of carbonyl (C=O) groups is 2. The summed E-state index contributed by atoms with van der Waals surface area (Å²) in [5.41, 5.74) is 1.20. The fourth-order valence-corrected chi connectivity index (χ4v) is 2.52. The molecule has 2 atom stereocenters. The van der Waals surface area contributed by atoms with E-state index in [1.165, 1.54) is 0 Å². The smallest absolute Gasteiger partial charge is 0.282 e. The Morgan fingerprint density at radius 1 is 1.15 bits per heavy atom. The van der Waals surface area contributed by atoms with Crippen LogP contribution in [0, 0.1) is 0 Å². The molecule has 138 valence electrons. The number of likely N-dealkylation sites (N-methyl/N-ethyl adjacent to an activating group) is 1. The molecule has 2 aromatic rings. The van der Waals surface area contributed by atoms with Crippen LogP contribution in [-0.4, -0.2) is 38.6 Å². The van der Waals surface area contributed by atoms with E-state index < -0.39 is 6.04 Å². The number of nitrogens with one attached hydrogen (secondary N) is 3. The van der Waals surface area contributed by atoms with Crippen LogP contribution in [0.1, 0.15) is 6.92 Å². The monoisotopic (exact) mass is 376 g/mol. The van der Waals surface area contributed by atoms with Crippen LogP contribution in [0.2, 0.25) is 5.02 Å². The molecule has 2 amide bonds. The second kappa shape index (κ2) is 9.22. The fourth-order valence-electron chi connectivity index (χ4n) is 2.34. The van der Waals surface area contributed by atoms with Gasteiger partial charge in [-0.25, -0.2) is 0 Å². The molecular weight excluding hydrogens is 354 g/mol. The predicted octanol–water partition coefficient (Wildman–Crippen LogP) is 1.83. The summed E-state index contributed by atoms with van der Waals surface area (Å²) in [7, 11) is 3.36. The minimum Gasteiger partial charge on any atom is -0.497 e. The highest BCUT2D eigenvalue weighted by Crippen LogP contribution is 2.20. The third-order valence-electron chi connectivity index (χ3n) is 4.06. The molecule has 0 aliphatic heterocycles. The Bertz CT molecular complexity index is 782. The molecule has 0 saturated heterocycles. The van der Waals surface area contributed by atoms with Crippen molar-refractivity contribution in [2.24, 2.45) is 0 Å². The first-order valence-electron chi connectivity index (χ1n) is 8.22. The van der Waals surface area contributed by atoms with Crippen molar-refractivity contribution < 1.29 is 19.2 Å². The first-order chi connectivity index (χ1) is 12.4. The first-order valence-corrected chi connectivity index (χ1v) is 8.60. The molecule has 0 heterocycles. The van der Waals surface area contributed by atoms with Crippen molar-refractivity contribution in [1.29, 1.82) is 0 Å². The lowest BCUT2D eigenvalue weighted by molar-refractivity contribution is -0.885. The zero-order valence-electron chi connectivity index (χ0n) is 15.0. The van der Waals surface area contributed by atoms with Gasteiger partial charge in [0.2, 0.25) is 0 Å². The van der Waals surface area contributed by atoms with Gasteiger partial charge < -0.3 is 20.3 Å². The van der Waals surface area contributed by atoms with Crippen molar-refractivity contribution in [1.82, 2.24) is 0 Å². The van der Waals surface area contributed by atoms with Crippen LogP contribution in [0.3, 0.4) is 0 Å². The summed E-state index contributed by atoms with van der Waals surface area (Å²) >= 11 is 6.04. The van der Waals surface area contributed by atoms with E-state index in [0.29, 0.717) is 22.1 Å². The second-order valence-corrected chi connectivity index (χ2v) is 6.40. The summed E-state index contributed by atoms with van der Waals surface area (Å²) in [4.78, 5) is 25.4. The molecular formula is C19H23ClN3O3+. The average molecular weight is 377 g/mol. The van der Waals surface area contributed by atoms with Gasteiger partial charge >= 0.3 is 0 Å². The number of hydrogen-bond acceptors (Lipinski definition) is 3. The Kier molecular flexibility index (Phi) is 7.00. The van der Waals surface area contributed by atoms with E-state index in [2.05, 4.69) is 10.6 Å². The Morgan fingerprint density at radius 2 is 1.88 bits per heavy atom. The van der Waals surface area contributed by atoms with Crippen molar-refractivity contribution >= 4 is 34.8 Å². The van der Waals surface area contributed by atoms with Crippen molar-refractivity contribution in [2.45, 2.75) is 13.0 Å². The van der Waals surface area contributed by atoms with Gasteiger partial charge in [0.15, 0.2) is 12.6 Å². The summed E-state index contributed by atoms with van der Waals surface area (Å²) < 4.78 is 5.14. The summed E-state index contributed by atoms with van der Waals surface area (Å²) in [5, 5.41) is 6.07. The van der Waals surface area contributed by atoms with Crippen LogP contribution in [-0.2, 0) is 9.59 Å². The summed E-state index contributed by atoms with van der Waals surface area (Å²) in [5.74, 6) is 0.271. The molecule has 1 unspecified atom stereocenters. The van der Waals surface area contributed by atoms with Gasteiger partial charge in [0.05, 0.1) is 24.9 Å². The lowest BCUT2D eigenvalue weighted by atomic mass is 10.2. The molecule has 0 bridgehead atoms. The lowest BCUT2D eigenvalue weighted by Crippen LogP contribution is -3.14. The van der Waals surface area contributed by atoms with Crippen molar-refractivity contribution in [2.75, 3.05) is 31.3 Å². The molecule has 26 heavy (non-hydrogen) atoms. The molecule has 0 aliphatic rings. The number of methoxy groups -OCH3 is 1. The topological polar surface area (TPSA) is 71.9 Å². The van der Waals surface area contributed by atoms with E-state index in [0.717, 1.165) is 4.90 Å². The Balaban J connectivity index is 1.91. The lowest BCUT2D eigenvalue weighted by Gasteiger charge is -2.21. The number of anilines is 2. The molecule has 3 N–H and O–H groups in total. The third-order valence-corrected chi connectivity index (χ3v) is 4.39. The van der Waals surface area contributed by atoms with E-state index >= 15 is 0 Å². The maximum atomic E-state index is 12.4. The number of ether oxygens (including phenoxy) is 1. The highest BCUT2D eigenvalue weighted by molar-refractivity contribution is 6.33. The number of benzene rings is 2. The van der Waals surface area contributed by atoms with Crippen molar-refractivity contribution in [3.63, 3.8) is 0 Å². The Hall–Kier alpha value is -2.57. The predicted molar refractivity (Wildman–Crippen MR) is 103 cm³/mol. The molecule has 6 nitrogen and oxygen atoms in total. The van der Waals surface area contributed by atoms with Crippen molar-refractivity contribution in [3.8, 4) is 5.75 Å². The van der Waals surface area contributed by atoms with Gasteiger partial charge in [-0.2, -0.15) is 0 Å². The number of halogens is 1. The number of para-hydroxylation sites is 1. The number of rotatable bonds is 7. The SMILES string of the molecule is COc1cccc(NC(=O)[C@H](C)[NH+](C)CC(=O)Nc2ccccc2Cl)c1. The summed E-state index contributed by atoms with van der Waals surface area (Å²) in [6.07, 6.45) is 0. The molecule has 2 rings (SSSR count). The molecule has 0 aromatic heterocycles. The van der Waals surface area contributed by atoms with Crippen LogP contribution in [0.4, 0.5) is 11.4 Å². The largest absolute Gasteiger partial charge is 0.497 e. The molecule has 7 heteroatoms. The molecule has 0 spiro atoms. The van der Waals surface area contributed by atoms with E-state index in [4.69, 9.17) is 16.3 Å². The molecule has 0 radical (unpaired) electrons. The summed E-state index contributed by atoms with van der Waals surface area (Å²) in [6, 6.07) is 13.7. The highest BCUT2D eigenvalue weighted by atomic mass is 35.5. The fraction of sp³-hybridized carbons (Fsp3) is 0.263. The number of carbonyl (C=O) groups excluding carboxylic acids is 2. The normalized spacial score (nSPS) is 12.8. The highest BCUT2D eigenvalue weighted by Gasteiger charge is 2.24. The Morgan fingerprint density at radius 3 is 2.58 bits per heavy atom. The average Bonchev–Trinajstić information content (AvgIpc) is 2.63. The van der Waals surface area contributed by atoms with E-state index in [1.54, 1.807) is 69.6 Å². The van der Waals surface area contributed by atoms with E-state index in [9.17, 15) is 9.59 Å². The second-order valence-electron chi connectivity index (χ2n) is 5.99. The van der Waals surface area contributed by atoms with Crippen molar-refractivity contribution in [3.05, 3.63) is 53.6 Å². The van der Waals surface area contributed by atoms with Gasteiger partial charge in [-0.1, -0.05) is 29.8 Å². The number of quaternary nitrogens is 1. The third kappa shape index (κ3) is 5.47. The standard InChI is InChI=1S/C19H22ClN3O3/c1-13(19(25)21-14-7-6-8-15(11-14)26-3)23(2)12-18(24)22-17-10-5-4-9-16(17)20/h4-11,13H,12H2,1-3H3,(H,21,25)(H,22,24)/p+1/t13-/m0/s1. The van der Waals surface area contributed by atoms with Gasteiger partial charge in [-0.05, 0) is 31.2 Å². The maximum absolute atomic E-state index is 12.4. The maximum Gasteiger partial charge on any atom is 0.282 e. The zero-order chi connectivity index (χ0) is 19.1. The minimum atomic E-state index is -0.418. The van der Waals surface area contributed by atoms with Crippen LogP contribution in [0.25, 0.3) is 0 Å². The van der Waals surface area contributed by atoms with Gasteiger partial charge in [0.25, 0.3) is 11.8 Å². The zero-order valence-corrected chi connectivity index (χ0v) is 15.8. The molecule has 0 saturated carbocycles. The summed E-state index contributed by atoms with van der Waals surface area (Å²) in [6.45, 7) is 1.91.